The zero-order valence-corrected chi connectivity index (χ0v) is 12.3. The number of primary amides is 1. The molecule has 2 rings (SSSR count). The molecule has 0 spiro atoms. The van der Waals surface area contributed by atoms with Crippen molar-refractivity contribution in [2.24, 2.45) is 5.73 Å². The second-order valence-electron chi connectivity index (χ2n) is 4.77. The number of rotatable bonds is 3. The van der Waals surface area contributed by atoms with Gasteiger partial charge in [0.2, 0.25) is 5.91 Å². The van der Waals surface area contributed by atoms with E-state index in [4.69, 9.17) is 22.7 Å². The Morgan fingerprint density at radius 2 is 2.10 bits per heavy atom. The number of likely N-dealkylation sites (tertiary alicyclic amines) is 1. The van der Waals surface area contributed by atoms with Crippen molar-refractivity contribution in [2.75, 3.05) is 19.0 Å². The van der Waals surface area contributed by atoms with Gasteiger partial charge in [0.1, 0.15) is 11.8 Å². The van der Waals surface area contributed by atoms with Gasteiger partial charge in [-0.2, -0.15) is 0 Å². The van der Waals surface area contributed by atoms with Gasteiger partial charge >= 0.3 is 0 Å². The molecule has 0 unspecified atom stereocenters. The molecule has 1 aliphatic heterocycles. The van der Waals surface area contributed by atoms with Crippen LogP contribution >= 0.6 is 12.2 Å². The second-order valence-corrected chi connectivity index (χ2v) is 5.15. The minimum absolute atomic E-state index is 0.304. The van der Waals surface area contributed by atoms with Crippen molar-refractivity contribution in [3.63, 3.8) is 0 Å². The third-order valence-corrected chi connectivity index (χ3v) is 3.77. The molecule has 6 heteroatoms. The highest BCUT2D eigenvalue weighted by molar-refractivity contribution is 7.80. The highest BCUT2D eigenvalue weighted by Gasteiger charge is 2.28. The smallest absolute Gasteiger partial charge is 0.240 e. The molecule has 0 bridgehead atoms. The molecule has 1 heterocycles. The summed E-state index contributed by atoms with van der Waals surface area (Å²) in [5.74, 6) is 0.470. The van der Waals surface area contributed by atoms with E-state index in [0.717, 1.165) is 37.2 Å². The van der Waals surface area contributed by atoms with E-state index in [0.29, 0.717) is 5.11 Å². The molecular weight excluding hydrogens is 274 g/mol. The number of hydrogen-bond acceptors (Lipinski definition) is 3. The van der Waals surface area contributed by atoms with Crippen molar-refractivity contribution >= 4 is 28.9 Å². The average molecular weight is 293 g/mol. The predicted octanol–water partition coefficient (Wildman–Crippen LogP) is 1.73. The van der Waals surface area contributed by atoms with Crippen LogP contribution in [0.25, 0.3) is 0 Å². The van der Waals surface area contributed by atoms with Crippen molar-refractivity contribution < 1.29 is 9.53 Å². The Balaban J connectivity index is 2.03. The first-order valence-electron chi connectivity index (χ1n) is 6.63. The number of carbonyl (C=O) groups excluding carboxylic acids is 1. The maximum atomic E-state index is 11.5. The van der Waals surface area contributed by atoms with E-state index >= 15 is 0 Å². The molecule has 1 fully saturated rings. The van der Waals surface area contributed by atoms with Gasteiger partial charge in [-0.15, -0.1) is 0 Å². The number of hydrogen-bond donors (Lipinski definition) is 2. The summed E-state index contributed by atoms with van der Waals surface area (Å²) in [5, 5.41) is 3.68. The molecule has 1 atom stereocenters. The number of ether oxygens (including phenoxy) is 1. The van der Waals surface area contributed by atoms with Crippen LogP contribution in [-0.4, -0.2) is 35.6 Å². The quantitative estimate of drug-likeness (QED) is 0.831. The maximum Gasteiger partial charge on any atom is 0.240 e. The summed E-state index contributed by atoms with van der Waals surface area (Å²) >= 11 is 5.39. The molecule has 3 N–H and O–H groups in total. The number of carbonyl (C=O) groups is 1. The molecule has 1 saturated heterocycles. The fourth-order valence-corrected chi connectivity index (χ4v) is 2.68. The predicted molar refractivity (Wildman–Crippen MR) is 82.8 cm³/mol. The SMILES string of the molecule is COc1ccc(NC(=S)N2CCCC[C@H]2C(N)=O)cc1. The number of benzene rings is 1. The monoisotopic (exact) mass is 293 g/mol. The molecule has 0 radical (unpaired) electrons. The Hall–Kier alpha value is -1.82. The Kier molecular flexibility index (Phi) is 4.79. The standard InChI is InChI=1S/C14H19N3O2S/c1-19-11-7-5-10(6-8-11)16-14(20)17-9-3-2-4-12(17)13(15)18/h5-8,12H,2-4,9H2,1H3,(H2,15,18)(H,16,20)/t12-/m0/s1. The van der Waals surface area contributed by atoms with Gasteiger partial charge in [0, 0.05) is 12.2 Å². The van der Waals surface area contributed by atoms with Crippen LogP contribution in [0.3, 0.4) is 0 Å². The molecule has 1 aliphatic rings. The van der Waals surface area contributed by atoms with Gasteiger partial charge in [0.05, 0.1) is 7.11 Å². The van der Waals surface area contributed by atoms with Crippen LogP contribution in [0.2, 0.25) is 0 Å². The van der Waals surface area contributed by atoms with Crippen LogP contribution in [0.5, 0.6) is 5.75 Å². The van der Waals surface area contributed by atoms with Crippen molar-refractivity contribution in [1.29, 1.82) is 0 Å². The summed E-state index contributed by atoms with van der Waals surface area (Å²) < 4.78 is 5.11. The van der Waals surface area contributed by atoms with Crippen LogP contribution in [0, 0.1) is 0 Å². The van der Waals surface area contributed by atoms with Crippen molar-refractivity contribution in [3.8, 4) is 5.75 Å². The lowest BCUT2D eigenvalue weighted by atomic mass is 10.0. The normalized spacial score (nSPS) is 18.4. The Morgan fingerprint density at radius 3 is 2.70 bits per heavy atom. The van der Waals surface area contributed by atoms with Gasteiger partial charge in [-0.25, -0.2) is 0 Å². The number of thiocarbonyl (C=S) groups is 1. The van der Waals surface area contributed by atoms with E-state index in [-0.39, 0.29) is 11.9 Å². The van der Waals surface area contributed by atoms with E-state index in [2.05, 4.69) is 5.32 Å². The molecule has 0 aliphatic carbocycles. The molecule has 108 valence electrons. The first-order valence-corrected chi connectivity index (χ1v) is 7.03. The third-order valence-electron chi connectivity index (χ3n) is 3.43. The number of nitrogens with two attached hydrogens (primary N) is 1. The second kappa shape index (κ2) is 6.56. The molecule has 1 amide bonds. The summed E-state index contributed by atoms with van der Waals surface area (Å²) in [6, 6.07) is 7.17. The minimum atomic E-state index is -0.316. The van der Waals surface area contributed by atoms with Gasteiger partial charge in [0.25, 0.3) is 0 Å². The topological polar surface area (TPSA) is 67.6 Å². The van der Waals surface area contributed by atoms with Crippen LogP contribution in [0.15, 0.2) is 24.3 Å². The van der Waals surface area contributed by atoms with Crippen molar-refractivity contribution in [1.82, 2.24) is 4.90 Å². The summed E-state index contributed by atoms with van der Waals surface area (Å²) in [5.41, 5.74) is 6.31. The number of anilines is 1. The number of nitrogens with one attached hydrogen (secondary N) is 1. The largest absolute Gasteiger partial charge is 0.497 e. The lowest BCUT2D eigenvalue weighted by molar-refractivity contribution is -0.122. The molecule has 20 heavy (non-hydrogen) atoms. The summed E-state index contributed by atoms with van der Waals surface area (Å²) in [7, 11) is 1.62. The molecule has 0 saturated carbocycles. The third kappa shape index (κ3) is 3.39. The molecule has 5 nitrogen and oxygen atoms in total. The number of methoxy groups -OCH3 is 1. The van der Waals surface area contributed by atoms with E-state index in [1.807, 2.05) is 29.2 Å². The lowest BCUT2D eigenvalue weighted by Gasteiger charge is -2.35. The Bertz CT molecular complexity index is 490. The van der Waals surface area contributed by atoms with Crippen molar-refractivity contribution in [2.45, 2.75) is 25.3 Å². The average Bonchev–Trinajstić information content (AvgIpc) is 2.48. The fourth-order valence-electron chi connectivity index (χ4n) is 2.34. The number of amides is 1. The number of piperidine rings is 1. The first kappa shape index (κ1) is 14.6. The molecule has 1 aromatic carbocycles. The van der Waals surface area contributed by atoms with Gasteiger partial charge < -0.3 is 20.7 Å². The van der Waals surface area contributed by atoms with Crippen LogP contribution < -0.4 is 15.8 Å². The Labute approximate surface area is 124 Å². The van der Waals surface area contributed by atoms with E-state index in [1.54, 1.807) is 7.11 Å². The summed E-state index contributed by atoms with van der Waals surface area (Å²) in [6.45, 7) is 0.760. The summed E-state index contributed by atoms with van der Waals surface area (Å²) in [6.07, 6.45) is 2.79. The number of nitrogens with zero attached hydrogens (tertiary/aromatic N) is 1. The van der Waals surface area contributed by atoms with E-state index < -0.39 is 0 Å². The molecule has 0 aromatic heterocycles. The summed E-state index contributed by atoms with van der Waals surface area (Å²) in [4.78, 5) is 13.4. The highest BCUT2D eigenvalue weighted by Crippen LogP contribution is 2.20. The minimum Gasteiger partial charge on any atom is -0.497 e. The van der Waals surface area contributed by atoms with Crippen LogP contribution in [0.4, 0.5) is 5.69 Å². The van der Waals surface area contributed by atoms with Crippen LogP contribution in [0.1, 0.15) is 19.3 Å². The van der Waals surface area contributed by atoms with Gasteiger partial charge in [-0.3, -0.25) is 4.79 Å². The fraction of sp³-hybridized carbons (Fsp3) is 0.429. The first-order chi connectivity index (χ1) is 9.61. The van der Waals surface area contributed by atoms with Crippen LogP contribution in [-0.2, 0) is 4.79 Å². The van der Waals surface area contributed by atoms with Gasteiger partial charge in [-0.1, -0.05) is 0 Å². The van der Waals surface area contributed by atoms with E-state index in [1.165, 1.54) is 0 Å². The van der Waals surface area contributed by atoms with Gasteiger partial charge in [0.15, 0.2) is 5.11 Å². The zero-order valence-electron chi connectivity index (χ0n) is 11.5. The highest BCUT2D eigenvalue weighted by atomic mass is 32.1. The van der Waals surface area contributed by atoms with E-state index in [9.17, 15) is 4.79 Å². The molecule has 1 aromatic rings. The molecular formula is C14H19N3O2S. The zero-order chi connectivity index (χ0) is 14.5. The van der Waals surface area contributed by atoms with Crippen molar-refractivity contribution in [3.05, 3.63) is 24.3 Å². The lowest BCUT2D eigenvalue weighted by Crippen LogP contribution is -2.51. The Morgan fingerprint density at radius 1 is 1.40 bits per heavy atom. The maximum absolute atomic E-state index is 11.5. The van der Waals surface area contributed by atoms with Gasteiger partial charge in [-0.05, 0) is 55.7 Å².